The molecular formula is C25H34N2O3. The largest absolute Gasteiger partial charge is 0.494 e. The lowest BCUT2D eigenvalue weighted by Crippen LogP contribution is -2.39. The normalized spacial score (nSPS) is 15.6. The van der Waals surface area contributed by atoms with Gasteiger partial charge in [-0.05, 0) is 80.8 Å². The molecule has 1 atom stereocenters. The second kappa shape index (κ2) is 11.1. The van der Waals surface area contributed by atoms with Crippen molar-refractivity contribution in [3.8, 4) is 5.75 Å². The average Bonchev–Trinajstić information content (AvgIpc) is 2.78. The highest BCUT2D eigenvalue weighted by Gasteiger charge is 2.26. The van der Waals surface area contributed by atoms with Gasteiger partial charge in [-0.25, -0.2) is 0 Å². The molecule has 0 aliphatic carbocycles. The van der Waals surface area contributed by atoms with Gasteiger partial charge in [-0.2, -0.15) is 0 Å². The molecule has 1 saturated heterocycles. The van der Waals surface area contributed by atoms with Crippen LogP contribution in [-0.2, 0) is 9.53 Å². The van der Waals surface area contributed by atoms with Gasteiger partial charge < -0.3 is 14.4 Å². The van der Waals surface area contributed by atoms with Crippen LogP contribution in [0.1, 0.15) is 55.3 Å². The lowest BCUT2D eigenvalue weighted by Gasteiger charge is -2.34. The molecule has 0 N–H and O–H groups in total. The highest BCUT2D eigenvalue weighted by atomic mass is 16.5. The fourth-order valence-electron chi connectivity index (χ4n) is 3.85. The van der Waals surface area contributed by atoms with Crippen LogP contribution >= 0.6 is 0 Å². The molecule has 1 fully saturated rings. The van der Waals surface area contributed by atoms with Crippen molar-refractivity contribution in [1.29, 1.82) is 0 Å². The van der Waals surface area contributed by atoms with Crippen LogP contribution < -0.4 is 4.74 Å². The van der Waals surface area contributed by atoms with Gasteiger partial charge in [-0.3, -0.25) is 9.78 Å². The number of nitrogens with zero attached hydrogens (tertiary/aromatic N) is 2. The van der Waals surface area contributed by atoms with E-state index in [1.54, 1.807) is 6.20 Å². The van der Waals surface area contributed by atoms with Crippen molar-refractivity contribution in [3.05, 3.63) is 59.4 Å². The first-order valence-electron chi connectivity index (χ1n) is 11.0. The molecule has 1 aromatic carbocycles. The second-order valence-electron chi connectivity index (χ2n) is 8.26. The summed E-state index contributed by atoms with van der Waals surface area (Å²) in [6.07, 6.45) is 6.84. The van der Waals surface area contributed by atoms with Gasteiger partial charge in [-0.1, -0.05) is 12.1 Å². The Bertz CT molecular complexity index is 803. The number of carbonyl (C=O) groups excluding carboxylic acids is 1. The summed E-state index contributed by atoms with van der Waals surface area (Å²) in [5.74, 6) is 1.54. The third kappa shape index (κ3) is 6.30. The van der Waals surface area contributed by atoms with Gasteiger partial charge in [0.05, 0.1) is 12.6 Å². The minimum absolute atomic E-state index is 0.00899. The van der Waals surface area contributed by atoms with Gasteiger partial charge in [-0.15, -0.1) is 0 Å². The van der Waals surface area contributed by atoms with Crippen LogP contribution in [0.15, 0.2) is 42.7 Å². The van der Waals surface area contributed by atoms with E-state index in [-0.39, 0.29) is 11.9 Å². The van der Waals surface area contributed by atoms with E-state index < -0.39 is 0 Å². The molecule has 0 radical (unpaired) electrons. The Morgan fingerprint density at radius 2 is 2.03 bits per heavy atom. The van der Waals surface area contributed by atoms with E-state index in [1.165, 1.54) is 11.1 Å². The zero-order valence-corrected chi connectivity index (χ0v) is 18.5. The summed E-state index contributed by atoms with van der Waals surface area (Å²) < 4.78 is 11.4. The number of aryl methyl sites for hydroxylation is 2. The van der Waals surface area contributed by atoms with E-state index in [9.17, 15) is 4.79 Å². The Kier molecular flexibility index (Phi) is 8.26. The van der Waals surface area contributed by atoms with Gasteiger partial charge in [0.2, 0.25) is 5.91 Å². The first kappa shape index (κ1) is 22.3. The summed E-state index contributed by atoms with van der Waals surface area (Å²) in [5, 5.41) is 0. The second-order valence-corrected chi connectivity index (χ2v) is 8.26. The lowest BCUT2D eigenvalue weighted by atomic mass is 9.97. The van der Waals surface area contributed by atoms with Crippen molar-refractivity contribution in [1.82, 2.24) is 9.88 Å². The Morgan fingerprint density at radius 3 is 2.73 bits per heavy atom. The van der Waals surface area contributed by atoms with Gasteiger partial charge in [0, 0.05) is 38.6 Å². The molecule has 0 saturated carbocycles. The number of benzene rings is 1. The number of aromatic nitrogens is 1. The smallest absolute Gasteiger partial charge is 0.223 e. The van der Waals surface area contributed by atoms with E-state index in [4.69, 9.17) is 9.47 Å². The molecular weight excluding hydrogens is 376 g/mol. The van der Waals surface area contributed by atoms with Gasteiger partial charge in [0.1, 0.15) is 5.75 Å². The summed E-state index contributed by atoms with van der Waals surface area (Å²) in [6, 6.07) is 10.1. The monoisotopic (exact) mass is 410 g/mol. The summed E-state index contributed by atoms with van der Waals surface area (Å²) in [5.41, 5.74) is 3.55. The molecule has 5 nitrogen and oxygen atoms in total. The van der Waals surface area contributed by atoms with Crippen LogP contribution in [-0.4, -0.2) is 42.2 Å². The first-order valence-corrected chi connectivity index (χ1v) is 11.0. The van der Waals surface area contributed by atoms with Crippen molar-refractivity contribution in [2.24, 2.45) is 5.92 Å². The number of amides is 1. The van der Waals surface area contributed by atoms with Gasteiger partial charge in [0.15, 0.2) is 0 Å². The maximum atomic E-state index is 13.2. The highest BCUT2D eigenvalue weighted by Crippen LogP contribution is 2.25. The topological polar surface area (TPSA) is 51.7 Å². The Hall–Kier alpha value is -2.40. The Labute approximate surface area is 180 Å². The van der Waals surface area contributed by atoms with Gasteiger partial charge in [0.25, 0.3) is 0 Å². The van der Waals surface area contributed by atoms with E-state index in [0.29, 0.717) is 25.4 Å². The number of carbonyl (C=O) groups is 1. The van der Waals surface area contributed by atoms with Crippen LogP contribution in [0.3, 0.4) is 0 Å². The molecule has 1 amide bonds. The van der Waals surface area contributed by atoms with Crippen LogP contribution in [0, 0.1) is 19.8 Å². The molecule has 1 aliphatic heterocycles. The summed E-state index contributed by atoms with van der Waals surface area (Å²) in [4.78, 5) is 19.4. The van der Waals surface area contributed by atoms with E-state index in [2.05, 4.69) is 37.9 Å². The molecule has 162 valence electrons. The molecule has 0 spiro atoms. The third-order valence-electron chi connectivity index (χ3n) is 6.03. The zero-order valence-electron chi connectivity index (χ0n) is 18.5. The minimum Gasteiger partial charge on any atom is -0.494 e. The molecule has 5 heteroatoms. The lowest BCUT2D eigenvalue weighted by molar-refractivity contribution is -0.135. The van der Waals surface area contributed by atoms with Crippen molar-refractivity contribution in [2.45, 2.75) is 52.5 Å². The molecule has 2 aromatic rings. The summed E-state index contributed by atoms with van der Waals surface area (Å²) in [7, 11) is 0. The fourth-order valence-corrected chi connectivity index (χ4v) is 3.85. The molecule has 2 heterocycles. The standard InChI is InChI=1S/C25H34N2O3/c1-19-8-9-24(16-20(19)2)30-13-5-7-25(28)27(18-22-10-14-29-15-11-22)21(3)23-6-4-12-26-17-23/h4,6,8-9,12,16-17,21-22H,5,7,10-11,13-15,18H2,1-3H3/t21-/m0/s1. The molecule has 0 bridgehead atoms. The summed E-state index contributed by atoms with van der Waals surface area (Å²) in [6.45, 7) is 9.17. The van der Waals surface area contributed by atoms with Crippen LogP contribution in [0.25, 0.3) is 0 Å². The molecule has 30 heavy (non-hydrogen) atoms. The van der Waals surface area contributed by atoms with E-state index in [1.807, 2.05) is 29.3 Å². The van der Waals surface area contributed by atoms with Crippen molar-refractivity contribution in [3.63, 3.8) is 0 Å². The maximum absolute atomic E-state index is 13.2. The van der Waals surface area contributed by atoms with Crippen molar-refractivity contribution in [2.75, 3.05) is 26.4 Å². The van der Waals surface area contributed by atoms with E-state index >= 15 is 0 Å². The highest BCUT2D eigenvalue weighted by molar-refractivity contribution is 5.76. The Morgan fingerprint density at radius 1 is 1.23 bits per heavy atom. The predicted molar refractivity (Wildman–Crippen MR) is 119 cm³/mol. The number of ether oxygens (including phenoxy) is 2. The van der Waals surface area contributed by atoms with Gasteiger partial charge >= 0.3 is 0 Å². The van der Waals surface area contributed by atoms with Crippen molar-refractivity contribution >= 4 is 5.91 Å². The predicted octanol–water partition coefficient (Wildman–Crippen LogP) is 4.87. The number of rotatable bonds is 9. The van der Waals surface area contributed by atoms with Crippen LogP contribution in [0.5, 0.6) is 5.75 Å². The van der Waals surface area contributed by atoms with E-state index in [0.717, 1.165) is 43.9 Å². The fraction of sp³-hybridized carbons (Fsp3) is 0.520. The third-order valence-corrected chi connectivity index (χ3v) is 6.03. The number of hydrogen-bond donors (Lipinski definition) is 0. The van der Waals surface area contributed by atoms with Crippen LogP contribution in [0.4, 0.5) is 0 Å². The Balaban J connectivity index is 1.57. The number of pyridine rings is 1. The SMILES string of the molecule is Cc1ccc(OCCCC(=O)N(CC2CCOCC2)[C@@H](C)c2cccnc2)cc1C. The summed E-state index contributed by atoms with van der Waals surface area (Å²) >= 11 is 0. The molecule has 3 rings (SSSR count). The zero-order chi connectivity index (χ0) is 21.3. The quantitative estimate of drug-likeness (QED) is 0.553. The molecule has 1 aromatic heterocycles. The molecule has 0 unspecified atom stereocenters. The molecule has 1 aliphatic rings. The maximum Gasteiger partial charge on any atom is 0.223 e. The minimum atomic E-state index is 0.00899. The van der Waals surface area contributed by atoms with Crippen molar-refractivity contribution < 1.29 is 14.3 Å². The average molecular weight is 411 g/mol. The number of hydrogen-bond acceptors (Lipinski definition) is 4. The first-order chi connectivity index (χ1) is 14.5. The van der Waals surface area contributed by atoms with Crippen LogP contribution in [0.2, 0.25) is 0 Å².